The van der Waals surface area contributed by atoms with Crippen LogP contribution in [-0.4, -0.2) is 28.8 Å². The Labute approximate surface area is 104 Å². The number of nitrogens with zero attached hydrogens (tertiary/aromatic N) is 1. The van der Waals surface area contributed by atoms with E-state index in [1.165, 1.54) is 0 Å². The highest BCUT2D eigenvalue weighted by molar-refractivity contribution is 9.09. The van der Waals surface area contributed by atoms with Crippen LogP contribution in [0.2, 0.25) is 0 Å². The Bertz CT molecular complexity index is 394. The lowest BCUT2D eigenvalue weighted by Crippen LogP contribution is -2.40. The van der Waals surface area contributed by atoms with Crippen LogP contribution in [0.1, 0.15) is 12.5 Å². The zero-order valence-electron chi connectivity index (χ0n) is 9.15. The standard InChI is InChI=1S/C12H14BrNO2/c1-9-8-16-11-5-3-2-4-10(11)7-14(9)12(15)6-13/h2-5,9H,6-8H2,1H3/t9-/m1/s1. The number of carbonyl (C=O) groups excluding carboxylic acids is 1. The first kappa shape index (κ1) is 11.5. The van der Waals surface area contributed by atoms with E-state index in [2.05, 4.69) is 15.9 Å². The lowest BCUT2D eigenvalue weighted by molar-refractivity contribution is -0.131. The van der Waals surface area contributed by atoms with Crippen LogP contribution in [0.3, 0.4) is 0 Å². The van der Waals surface area contributed by atoms with Crippen LogP contribution < -0.4 is 4.74 Å². The molecule has 1 heterocycles. The Morgan fingerprint density at radius 2 is 2.31 bits per heavy atom. The van der Waals surface area contributed by atoms with E-state index in [1.54, 1.807) is 0 Å². The van der Waals surface area contributed by atoms with Crippen molar-refractivity contribution in [2.45, 2.75) is 19.5 Å². The molecule has 0 saturated carbocycles. The SMILES string of the molecule is C[C@@H]1COc2ccccc2CN1C(=O)CBr. The fraction of sp³-hybridized carbons (Fsp3) is 0.417. The molecule has 1 aliphatic rings. The number of ether oxygens (including phenoxy) is 1. The lowest BCUT2D eigenvalue weighted by atomic mass is 10.2. The Balaban J connectivity index is 2.27. The Kier molecular flexibility index (Phi) is 3.49. The molecule has 0 unspecified atom stereocenters. The second kappa shape index (κ2) is 4.87. The number of alkyl halides is 1. The van der Waals surface area contributed by atoms with Crippen LogP contribution in [0.5, 0.6) is 5.75 Å². The predicted octanol–water partition coefficient (Wildman–Crippen LogP) is 2.19. The van der Waals surface area contributed by atoms with E-state index >= 15 is 0 Å². The Morgan fingerprint density at radius 3 is 3.06 bits per heavy atom. The summed E-state index contributed by atoms with van der Waals surface area (Å²) in [7, 11) is 0. The summed E-state index contributed by atoms with van der Waals surface area (Å²) in [6, 6.07) is 7.98. The molecule has 1 aliphatic heterocycles. The molecule has 0 spiro atoms. The summed E-state index contributed by atoms with van der Waals surface area (Å²) in [5, 5.41) is 0.361. The highest BCUT2D eigenvalue weighted by Gasteiger charge is 2.24. The van der Waals surface area contributed by atoms with Crippen LogP contribution in [0, 0.1) is 0 Å². The van der Waals surface area contributed by atoms with Gasteiger partial charge in [0, 0.05) is 12.1 Å². The van der Waals surface area contributed by atoms with Gasteiger partial charge < -0.3 is 9.64 Å². The van der Waals surface area contributed by atoms with Crippen molar-refractivity contribution in [2.75, 3.05) is 11.9 Å². The van der Waals surface area contributed by atoms with Crippen molar-refractivity contribution in [3.63, 3.8) is 0 Å². The molecular formula is C12H14BrNO2. The van der Waals surface area contributed by atoms with Gasteiger partial charge in [0.15, 0.2) is 0 Å². The van der Waals surface area contributed by atoms with Crippen LogP contribution >= 0.6 is 15.9 Å². The molecule has 16 heavy (non-hydrogen) atoms. The number of benzene rings is 1. The lowest BCUT2D eigenvalue weighted by Gasteiger charge is -2.25. The first-order valence-corrected chi connectivity index (χ1v) is 6.40. The number of hydrogen-bond donors (Lipinski definition) is 0. The van der Waals surface area contributed by atoms with Gasteiger partial charge in [-0.1, -0.05) is 34.1 Å². The molecule has 0 radical (unpaired) electrons. The van der Waals surface area contributed by atoms with Crippen molar-refractivity contribution in [1.29, 1.82) is 0 Å². The molecule has 0 bridgehead atoms. The number of rotatable bonds is 1. The van der Waals surface area contributed by atoms with Gasteiger partial charge >= 0.3 is 0 Å². The smallest absolute Gasteiger partial charge is 0.233 e. The maximum atomic E-state index is 11.8. The van der Waals surface area contributed by atoms with Crippen LogP contribution in [0.15, 0.2) is 24.3 Å². The third-order valence-electron chi connectivity index (χ3n) is 2.76. The number of carbonyl (C=O) groups is 1. The van der Waals surface area contributed by atoms with Gasteiger partial charge in [-0.25, -0.2) is 0 Å². The Morgan fingerprint density at radius 1 is 1.56 bits per heavy atom. The maximum Gasteiger partial charge on any atom is 0.233 e. The van der Waals surface area contributed by atoms with Crippen molar-refractivity contribution in [3.05, 3.63) is 29.8 Å². The van der Waals surface area contributed by atoms with E-state index in [-0.39, 0.29) is 11.9 Å². The van der Waals surface area contributed by atoms with E-state index in [9.17, 15) is 4.79 Å². The minimum atomic E-state index is 0.104. The molecule has 2 rings (SSSR count). The molecule has 3 nitrogen and oxygen atoms in total. The fourth-order valence-corrected chi connectivity index (χ4v) is 2.15. The zero-order chi connectivity index (χ0) is 11.5. The number of hydrogen-bond acceptors (Lipinski definition) is 2. The number of halogens is 1. The molecular weight excluding hydrogens is 270 g/mol. The van der Waals surface area contributed by atoms with Gasteiger partial charge in [-0.2, -0.15) is 0 Å². The number of fused-ring (bicyclic) bond motifs is 1. The van der Waals surface area contributed by atoms with E-state index in [0.29, 0.717) is 18.5 Å². The van der Waals surface area contributed by atoms with Crippen LogP contribution in [0.4, 0.5) is 0 Å². The fourth-order valence-electron chi connectivity index (χ4n) is 1.83. The minimum absolute atomic E-state index is 0.104. The molecule has 1 aromatic carbocycles. The molecule has 0 fully saturated rings. The Hall–Kier alpha value is -1.03. The maximum absolute atomic E-state index is 11.8. The van der Waals surface area contributed by atoms with Gasteiger partial charge in [0.2, 0.25) is 5.91 Å². The number of para-hydroxylation sites is 1. The topological polar surface area (TPSA) is 29.5 Å². The average Bonchev–Trinajstić information content (AvgIpc) is 2.48. The van der Waals surface area contributed by atoms with Crippen molar-refractivity contribution in [2.24, 2.45) is 0 Å². The van der Waals surface area contributed by atoms with Gasteiger partial charge in [0.1, 0.15) is 12.4 Å². The van der Waals surface area contributed by atoms with Crippen LogP contribution in [-0.2, 0) is 11.3 Å². The van der Waals surface area contributed by atoms with Crippen molar-refractivity contribution < 1.29 is 9.53 Å². The molecule has 1 amide bonds. The third-order valence-corrected chi connectivity index (χ3v) is 3.24. The molecule has 0 aromatic heterocycles. The minimum Gasteiger partial charge on any atom is -0.491 e. The summed E-state index contributed by atoms with van der Waals surface area (Å²) in [5.74, 6) is 0.993. The van der Waals surface area contributed by atoms with Gasteiger partial charge in [-0.05, 0) is 13.0 Å². The molecule has 86 valence electrons. The average molecular weight is 284 g/mol. The molecule has 1 aromatic rings. The third kappa shape index (κ3) is 2.21. The van der Waals surface area contributed by atoms with Gasteiger partial charge in [0.05, 0.1) is 11.4 Å². The summed E-state index contributed by atoms with van der Waals surface area (Å²) in [6.45, 7) is 3.18. The van der Waals surface area contributed by atoms with E-state index in [4.69, 9.17) is 4.74 Å². The molecule has 0 saturated heterocycles. The predicted molar refractivity (Wildman–Crippen MR) is 65.7 cm³/mol. The summed E-state index contributed by atoms with van der Waals surface area (Å²) < 4.78 is 5.68. The van der Waals surface area contributed by atoms with Gasteiger partial charge in [-0.15, -0.1) is 0 Å². The van der Waals surface area contributed by atoms with E-state index in [1.807, 2.05) is 36.1 Å². The van der Waals surface area contributed by atoms with Crippen molar-refractivity contribution >= 4 is 21.8 Å². The molecule has 4 heteroatoms. The summed E-state index contributed by atoms with van der Waals surface area (Å²) in [6.07, 6.45) is 0. The van der Waals surface area contributed by atoms with Gasteiger partial charge in [0.25, 0.3) is 0 Å². The van der Waals surface area contributed by atoms with Crippen molar-refractivity contribution in [1.82, 2.24) is 4.90 Å². The highest BCUT2D eigenvalue weighted by atomic mass is 79.9. The summed E-state index contributed by atoms with van der Waals surface area (Å²) in [4.78, 5) is 13.6. The van der Waals surface area contributed by atoms with Crippen LogP contribution in [0.25, 0.3) is 0 Å². The second-order valence-electron chi connectivity index (χ2n) is 3.92. The second-order valence-corrected chi connectivity index (χ2v) is 4.48. The highest BCUT2D eigenvalue weighted by Crippen LogP contribution is 2.24. The zero-order valence-corrected chi connectivity index (χ0v) is 10.7. The normalized spacial score (nSPS) is 19.6. The summed E-state index contributed by atoms with van der Waals surface area (Å²) >= 11 is 3.21. The molecule has 0 N–H and O–H groups in total. The molecule has 0 aliphatic carbocycles. The van der Waals surface area contributed by atoms with Gasteiger partial charge in [-0.3, -0.25) is 4.79 Å². The van der Waals surface area contributed by atoms with E-state index in [0.717, 1.165) is 11.3 Å². The largest absolute Gasteiger partial charge is 0.491 e. The quantitative estimate of drug-likeness (QED) is 0.740. The first-order chi connectivity index (χ1) is 7.72. The van der Waals surface area contributed by atoms with Crippen molar-refractivity contribution in [3.8, 4) is 5.75 Å². The van der Waals surface area contributed by atoms with E-state index < -0.39 is 0 Å². The monoisotopic (exact) mass is 283 g/mol. The number of amides is 1. The first-order valence-electron chi connectivity index (χ1n) is 5.28. The molecule has 1 atom stereocenters. The summed E-state index contributed by atoms with van der Waals surface area (Å²) in [5.41, 5.74) is 1.07.